The molecule has 1 aliphatic heterocycles. The lowest BCUT2D eigenvalue weighted by molar-refractivity contribution is -0.117. The number of thioether (sulfide) groups is 1. The fraction of sp³-hybridized carbons (Fsp3) is 0.158. The molecule has 8 heteroatoms. The Bertz CT molecular complexity index is 975. The quantitative estimate of drug-likeness (QED) is 0.712. The molecule has 0 atom stereocenters. The Morgan fingerprint density at radius 2 is 2.00 bits per heavy atom. The van der Waals surface area contributed by atoms with E-state index in [2.05, 4.69) is 15.3 Å². The van der Waals surface area contributed by atoms with Crippen LogP contribution in [0.15, 0.2) is 58.9 Å². The van der Waals surface area contributed by atoms with E-state index in [0.29, 0.717) is 17.4 Å². The van der Waals surface area contributed by atoms with Crippen LogP contribution in [0.2, 0.25) is 0 Å². The number of para-hydroxylation sites is 1. The van der Waals surface area contributed by atoms with Gasteiger partial charge in [0.1, 0.15) is 5.69 Å². The van der Waals surface area contributed by atoms with Crippen LogP contribution in [0.25, 0.3) is 11.4 Å². The third-order valence-electron chi connectivity index (χ3n) is 4.05. The minimum Gasteiger partial charge on any atom is -0.310 e. The number of rotatable bonds is 5. The molecule has 1 aliphatic rings. The molecule has 136 valence electrons. The molecule has 0 saturated heterocycles. The van der Waals surface area contributed by atoms with Crippen LogP contribution in [0.5, 0.6) is 0 Å². The van der Waals surface area contributed by atoms with E-state index in [4.69, 9.17) is 0 Å². The summed E-state index contributed by atoms with van der Waals surface area (Å²) in [7, 11) is 0. The number of thiazole rings is 1. The topological polar surface area (TPSA) is 75.2 Å². The number of nitrogens with zero attached hydrogens (tertiary/aromatic N) is 3. The molecule has 0 spiro atoms. The van der Waals surface area contributed by atoms with Gasteiger partial charge in [-0.1, -0.05) is 18.2 Å². The molecule has 0 bridgehead atoms. The normalized spacial score (nSPS) is 13.3. The third kappa shape index (κ3) is 4.01. The first kappa shape index (κ1) is 17.7. The van der Waals surface area contributed by atoms with Gasteiger partial charge in [-0.25, -0.2) is 4.98 Å². The van der Waals surface area contributed by atoms with Crippen LogP contribution >= 0.6 is 23.1 Å². The summed E-state index contributed by atoms with van der Waals surface area (Å²) in [6, 6.07) is 13.4. The second-order valence-corrected chi connectivity index (χ2v) is 7.73. The zero-order valence-electron chi connectivity index (χ0n) is 14.3. The van der Waals surface area contributed by atoms with Crippen LogP contribution < -0.4 is 10.2 Å². The van der Waals surface area contributed by atoms with Crippen molar-refractivity contribution in [3.63, 3.8) is 0 Å². The van der Waals surface area contributed by atoms with Gasteiger partial charge >= 0.3 is 0 Å². The number of carbonyl (C=O) groups is 2. The van der Waals surface area contributed by atoms with Crippen molar-refractivity contribution in [3.05, 3.63) is 54.0 Å². The third-order valence-corrected chi connectivity index (χ3v) is 5.85. The number of pyridine rings is 1. The van der Waals surface area contributed by atoms with E-state index in [-0.39, 0.29) is 18.2 Å². The minimum atomic E-state index is -0.166. The molecule has 2 aromatic heterocycles. The van der Waals surface area contributed by atoms with E-state index in [1.807, 2.05) is 47.8 Å². The Kier molecular flexibility index (Phi) is 5.17. The Morgan fingerprint density at radius 1 is 1.15 bits per heavy atom. The van der Waals surface area contributed by atoms with Crippen LogP contribution in [0.4, 0.5) is 10.8 Å². The van der Waals surface area contributed by atoms with Crippen molar-refractivity contribution in [3.8, 4) is 11.4 Å². The summed E-state index contributed by atoms with van der Waals surface area (Å²) in [5.74, 6) is 0.261. The molecular weight excluding hydrogens is 380 g/mol. The lowest BCUT2D eigenvalue weighted by atomic mass is 10.2. The fourth-order valence-corrected chi connectivity index (χ4v) is 4.41. The zero-order valence-corrected chi connectivity index (χ0v) is 15.9. The van der Waals surface area contributed by atoms with Gasteiger partial charge in [-0.05, 0) is 24.3 Å². The van der Waals surface area contributed by atoms with E-state index in [0.717, 1.165) is 22.0 Å². The summed E-state index contributed by atoms with van der Waals surface area (Å²) in [6.07, 6.45) is 1.92. The van der Waals surface area contributed by atoms with Crippen molar-refractivity contribution < 1.29 is 9.59 Å². The second kappa shape index (κ2) is 7.89. The lowest BCUT2D eigenvalue weighted by Gasteiger charge is -2.28. The van der Waals surface area contributed by atoms with Crippen molar-refractivity contribution >= 4 is 45.7 Å². The minimum absolute atomic E-state index is 0.0261. The highest BCUT2D eigenvalue weighted by Crippen LogP contribution is 2.34. The number of hydrogen-bond donors (Lipinski definition) is 1. The Morgan fingerprint density at radius 3 is 2.85 bits per heavy atom. The molecule has 3 aromatic rings. The summed E-state index contributed by atoms with van der Waals surface area (Å²) >= 11 is 2.89. The first-order chi connectivity index (χ1) is 13.2. The predicted molar refractivity (Wildman–Crippen MR) is 108 cm³/mol. The van der Waals surface area contributed by atoms with Gasteiger partial charge < -0.3 is 10.2 Å². The molecule has 0 saturated carbocycles. The van der Waals surface area contributed by atoms with Gasteiger partial charge in [0.25, 0.3) is 0 Å². The molecule has 4 rings (SSSR count). The molecule has 1 aromatic carbocycles. The first-order valence-electron chi connectivity index (χ1n) is 8.40. The van der Waals surface area contributed by atoms with E-state index >= 15 is 0 Å². The SMILES string of the molecule is O=C(CCN1C(=O)CSc2ccccc21)Nc1nc(-c2ccccn2)cs1. The number of hydrogen-bond acceptors (Lipinski definition) is 6. The molecule has 6 nitrogen and oxygen atoms in total. The molecule has 0 radical (unpaired) electrons. The number of carbonyl (C=O) groups excluding carboxylic acids is 2. The van der Waals surface area contributed by atoms with E-state index in [9.17, 15) is 9.59 Å². The van der Waals surface area contributed by atoms with Crippen molar-refractivity contribution in [1.82, 2.24) is 9.97 Å². The Labute approximate surface area is 164 Å². The fourth-order valence-electron chi connectivity index (χ4n) is 2.76. The van der Waals surface area contributed by atoms with E-state index in [1.54, 1.807) is 11.1 Å². The van der Waals surface area contributed by atoms with Gasteiger partial charge in [0.05, 0.1) is 17.1 Å². The standard InChI is InChI=1S/C19H16N4O2S2/c24-17(22-19-21-14(11-27-19)13-5-3-4-9-20-13)8-10-23-15-6-1-2-7-16(15)26-12-18(23)25/h1-7,9,11H,8,10,12H2,(H,21,22,24). The Balaban J connectivity index is 1.38. The van der Waals surface area contributed by atoms with Crippen molar-refractivity contribution in [2.45, 2.75) is 11.3 Å². The van der Waals surface area contributed by atoms with Gasteiger partial charge in [-0.15, -0.1) is 23.1 Å². The maximum absolute atomic E-state index is 12.3. The number of amides is 2. The largest absolute Gasteiger partial charge is 0.310 e. The summed E-state index contributed by atoms with van der Waals surface area (Å²) in [6.45, 7) is 0.348. The van der Waals surface area contributed by atoms with E-state index < -0.39 is 0 Å². The number of fused-ring (bicyclic) bond motifs is 1. The molecule has 2 amide bonds. The molecule has 1 N–H and O–H groups in total. The summed E-state index contributed by atoms with van der Waals surface area (Å²) < 4.78 is 0. The summed E-state index contributed by atoms with van der Waals surface area (Å²) in [4.78, 5) is 36.0. The highest BCUT2D eigenvalue weighted by Gasteiger charge is 2.24. The number of benzene rings is 1. The van der Waals surface area contributed by atoms with Gasteiger partial charge in [-0.2, -0.15) is 0 Å². The lowest BCUT2D eigenvalue weighted by Crippen LogP contribution is -2.37. The first-order valence-corrected chi connectivity index (χ1v) is 10.3. The average Bonchev–Trinajstić information content (AvgIpc) is 3.16. The van der Waals surface area contributed by atoms with Crippen LogP contribution in [0.3, 0.4) is 0 Å². The Hall–Kier alpha value is -2.71. The summed E-state index contributed by atoms with van der Waals surface area (Å²) in [5, 5.41) is 5.20. The maximum atomic E-state index is 12.3. The average molecular weight is 396 g/mol. The number of anilines is 2. The zero-order chi connectivity index (χ0) is 18.6. The van der Waals surface area contributed by atoms with Gasteiger partial charge in [0.15, 0.2) is 5.13 Å². The maximum Gasteiger partial charge on any atom is 0.237 e. The predicted octanol–water partition coefficient (Wildman–Crippen LogP) is 3.67. The molecule has 0 fully saturated rings. The number of aromatic nitrogens is 2. The van der Waals surface area contributed by atoms with Gasteiger partial charge in [0, 0.05) is 29.4 Å². The second-order valence-electron chi connectivity index (χ2n) is 5.85. The summed E-state index contributed by atoms with van der Waals surface area (Å²) in [5.41, 5.74) is 2.37. The molecule has 3 heterocycles. The van der Waals surface area contributed by atoms with E-state index in [1.165, 1.54) is 23.1 Å². The van der Waals surface area contributed by atoms with Crippen molar-refractivity contribution in [2.75, 3.05) is 22.5 Å². The van der Waals surface area contributed by atoms with Crippen LogP contribution in [0.1, 0.15) is 6.42 Å². The molecule has 0 unspecified atom stereocenters. The van der Waals surface area contributed by atoms with Crippen LogP contribution in [-0.2, 0) is 9.59 Å². The van der Waals surface area contributed by atoms with Crippen molar-refractivity contribution in [2.24, 2.45) is 0 Å². The highest BCUT2D eigenvalue weighted by molar-refractivity contribution is 8.00. The molecule has 0 aliphatic carbocycles. The molecular formula is C19H16N4O2S2. The monoisotopic (exact) mass is 396 g/mol. The van der Waals surface area contributed by atoms with Crippen molar-refractivity contribution in [1.29, 1.82) is 0 Å². The molecule has 27 heavy (non-hydrogen) atoms. The van der Waals surface area contributed by atoms with Crippen LogP contribution in [0, 0.1) is 0 Å². The van der Waals surface area contributed by atoms with Gasteiger partial charge in [0.2, 0.25) is 11.8 Å². The highest BCUT2D eigenvalue weighted by atomic mass is 32.2. The smallest absolute Gasteiger partial charge is 0.237 e. The van der Waals surface area contributed by atoms with Crippen LogP contribution in [-0.4, -0.2) is 34.1 Å². The van der Waals surface area contributed by atoms with Gasteiger partial charge in [-0.3, -0.25) is 14.6 Å². The number of nitrogens with one attached hydrogen (secondary N) is 1.